The Morgan fingerprint density at radius 2 is 1.73 bits per heavy atom. The molecule has 5 nitrogen and oxygen atoms in total. The quantitative estimate of drug-likeness (QED) is 0.855. The minimum absolute atomic E-state index is 0.307. The first-order valence-electron chi connectivity index (χ1n) is 6.83. The molecule has 2 amide bonds. The van der Waals surface area contributed by atoms with Crippen molar-refractivity contribution in [3.05, 3.63) is 51.2 Å². The van der Waals surface area contributed by atoms with E-state index in [-0.39, 0.29) is 11.8 Å². The van der Waals surface area contributed by atoms with Crippen LogP contribution in [0.5, 0.6) is 0 Å². The van der Waals surface area contributed by atoms with E-state index in [0.29, 0.717) is 11.1 Å². The van der Waals surface area contributed by atoms with Crippen molar-refractivity contribution in [2.75, 3.05) is 19.0 Å². The highest BCUT2D eigenvalue weighted by Crippen LogP contribution is 2.20. The van der Waals surface area contributed by atoms with E-state index in [1.807, 2.05) is 45.0 Å². The molecule has 0 atom stereocenters. The number of anilines is 1. The van der Waals surface area contributed by atoms with Crippen molar-refractivity contribution >= 4 is 28.8 Å². The summed E-state index contributed by atoms with van der Waals surface area (Å²) in [5, 5.41) is 0. The Bertz CT molecular complexity index is 707. The molecule has 2 rings (SSSR count). The van der Waals surface area contributed by atoms with Crippen LogP contribution in [-0.2, 0) is 0 Å². The predicted molar refractivity (Wildman–Crippen MR) is 89.5 cm³/mol. The molecule has 116 valence electrons. The van der Waals surface area contributed by atoms with Gasteiger partial charge in [0.1, 0.15) is 0 Å². The third kappa shape index (κ3) is 3.65. The fraction of sp³-hybridized carbons (Fsp3) is 0.250. The molecular weight excluding hydrogens is 298 g/mol. The smallest absolute Gasteiger partial charge is 0.270 e. The number of hydrazine groups is 1. The topological polar surface area (TPSA) is 61.4 Å². The molecule has 0 spiro atoms. The van der Waals surface area contributed by atoms with Crippen LogP contribution in [0, 0.1) is 13.8 Å². The standard InChI is InChI=1S/C16H19N3O2S/c1-10-8-14(11(2)22-10)16(21)18-17-15(20)12-6-5-7-13(9-12)19(3)4/h5-9H,1-4H3,(H,17,20)(H,18,21). The average Bonchev–Trinajstić information content (AvgIpc) is 2.83. The van der Waals surface area contributed by atoms with Crippen LogP contribution in [0.1, 0.15) is 30.5 Å². The minimum Gasteiger partial charge on any atom is -0.378 e. The van der Waals surface area contributed by atoms with Gasteiger partial charge in [-0.05, 0) is 38.1 Å². The first kappa shape index (κ1) is 16.0. The molecule has 0 saturated heterocycles. The van der Waals surface area contributed by atoms with Gasteiger partial charge in [0, 0.05) is 35.1 Å². The van der Waals surface area contributed by atoms with Gasteiger partial charge in [0.2, 0.25) is 0 Å². The van der Waals surface area contributed by atoms with Gasteiger partial charge in [0.15, 0.2) is 0 Å². The van der Waals surface area contributed by atoms with E-state index in [1.54, 1.807) is 29.5 Å². The summed E-state index contributed by atoms with van der Waals surface area (Å²) in [5.74, 6) is -0.652. The molecule has 2 N–H and O–H groups in total. The summed E-state index contributed by atoms with van der Waals surface area (Å²) in [4.78, 5) is 28.1. The normalized spacial score (nSPS) is 10.2. The van der Waals surface area contributed by atoms with Crippen LogP contribution in [0.4, 0.5) is 5.69 Å². The minimum atomic E-state index is -0.346. The third-order valence-corrected chi connectivity index (χ3v) is 4.17. The molecule has 0 radical (unpaired) electrons. The number of aryl methyl sites for hydroxylation is 2. The van der Waals surface area contributed by atoms with Crippen LogP contribution >= 0.6 is 11.3 Å². The summed E-state index contributed by atoms with van der Waals surface area (Å²) in [6, 6.07) is 9.00. The van der Waals surface area contributed by atoms with Gasteiger partial charge in [0.25, 0.3) is 11.8 Å². The van der Waals surface area contributed by atoms with Crippen molar-refractivity contribution in [2.45, 2.75) is 13.8 Å². The summed E-state index contributed by atoms with van der Waals surface area (Å²) < 4.78 is 0. The van der Waals surface area contributed by atoms with E-state index in [4.69, 9.17) is 0 Å². The van der Waals surface area contributed by atoms with Crippen LogP contribution < -0.4 is 15.8 Å². The van der Waals surface area contributed by atoms with Crippen LogP contribution in [-0.4, -0.2) is 25.9 Å². The maximum absolute atomic E-state index is 12.1. The molecule has 2 aromatic rings. The zero-order valence-corrected chi connectivity index (χ0v) is 13.9. The van der Waals surface area contributed by atoms with Crippen molar-refractivity contribution in [3.8, 4) is 0 Å². The maximum Gasteiger partial charge on any atom is 0.270 e. The first-order chi connectivity index (χ1) is 10.4. The molecule has 6 heteroatoms. The monoisotopic (exact) mass is 317 g/mol. The number of rotatable bonds is 3. The molecule has 0 unspecified atom stereocenters. The van der Waals surface area contributed by atoms with Crippen LogP contribution in [0.2, 0.25) is 0 Å². The van der Waals surface area contributed by atoms with E-state index in [9.17, 15) is 9.59 Å². The van der Waals surface area contributed by atoms with Gasteiger partial charge >= 0.3 is 0 Å². The Morgan fingerprint density at radius 3 is 2.32 bits per heavy atom. The van der Waals surface area contributed by atoms with E-state index in [1.165, 1.54) is 0 Å². The maximum atomic E-state index is 12.1. The number of carbonyl (C=O) groups excluding carboxylic acids is 2. The second-order valence-electron chi connectivity index (χ2n) is 5.18. The summed E-state index contributed by atoms with van der Waals surface area (Å²) in [7, 11) is 3.81. The molecule has 0 saturated carbocycles. The number of amides is 2. The number of hydrogen-bond acceptors (Lipinski definition) is 4. The molecule has 0 aliphatic carbocycles. The van der Waals surface area contributed by atoms with Crippen molar-refractivity contribution < 1.29 is 9.59 Å². The Balaban J connectivity index is 2.02. The van der Waals surface area contributed by atoms with Crippen molar-refractivity contribution in [2.24, 2.45) is 0 Å². The Hall–Kier alpha value is -2.34. The molecule has 0 aliphatic rings. The second kappa shape index (κ2) is 6.62. The predicted octanol–water partition coefficient (Wildman–Crippen LogP) is 2.51. The van der Waals surface area contributed by atoms with Crippen molar-refractivity contribution in [1.29, 1.82) is 0 Å². The number of thiophene rings is 1. The van der Waals surface area contributed by atoms with Crippen LogP contribution in [0.25, 0.3) is 0 Å². The van der Waals surface area contributed by atoms with E-state index in [0.717, 1.165) is 15.4 Å². The fourth-order valence-corrected chi connectivity index (χ4v) is 2.96. The molecule has 1 aromatic carbocycles. The number of nitrogens with one attached hydrogen (secondary N) is 2. The Kier molecular flexibility index (Phi) is 4.82. The molecular formula is C16H19N3O2S. The molecule has 1 heterocycles. The molecule has 22 heavy (non-hydrogen) atoms. The molecule has 0 bridgehead atoms. The highest BCUT2D eigenvalue weighted by molar-refractivity contribution is 7.12. The number of nitrogens with zero attached hydrogens (tertiary/aromatic N) is 1. The number of benzene rings is 1. The number of hydrogen-bond donors (Lipinski definition) is 2. The van der Waals surface area contributed by atoms with E-state index < -0.39 is 0 Å². The lowest BCUT2D eigenvalue weighted by molar-refractivity contribution is 0.0846. The fourth-order valence-electron chi connectivity index (χ4n) is 2.03. The third-order valence-electron chi connectivity index (χ3n) is 3.20. The van der Waals surface area contributed by atoms with E-state index in [2.05, 4.69) is 10.9 Å². The van der Waals surface area contributed by atoms with Gasteiger partial charge in [0.05, 0.1) is 5.56 Å². The molecule has 0 aliphatic heterocycles. The van der Waals surface area contributed by atoms with E-state index >= 15 is 0 Å². The molecule has 0 fully saturated rings. The van der Waals surface area contributed by atoms with Gasteiger partial charge in [-0.3, -0.25) is 20.4 Å². The Morgan fingerprint density at radius 1 is 1.05 bits per heavy atom. The Labute approximate surface area is 133 Å². The van der Waals surface area contributed by atoms with Gasteiger partial charge in [-0.1, -0.05) is 6.07 Å². The lowest BCUT2D eigenvalue weighted by atomic mass is 10.2. The zero-order valence-electron chi connectivity index (χ0n) is 13.1. The van der Waals surface area contributed by atoms with Crippen LogP contribution in [0.15, 0.2) is 30.3 Å². The summed E-state index contributed by atoms with van der Waals surface area (Å²) in [6.07, 6.45) is 0. The van der Waals surface area contributed by atoms with Gasteiger partial charge in [-0.15, -0.1) is 11.3 Å². The lowest BCUT2D eigenvalue weighted by Crippen LogP contribution is -2.41. The van der Waals surface area contributed by atoms with Gasteiger partial charge in [-0.2, -0.15) is 0 Å². The highest BCUT2D eigenvalue weighted by atomic mass is 32.1. The molecule has 1 aromatic heterocycles. The lowest BCUT2D eigenvalue weighted by Gasteiger charge is -2.13. The van der Waals surface area contributed by atoms with Crippen molar-refractivity contribution in [3.63, 3.8) is 0 Å². The average molecular weight is 317 g/mol. The summed E-state index contributed by atoms with van der Waals surface area (Å²) >= 11 is 1.55. The SMILES string of the molecule is Cc1cc(C(=O)NNC(=O)c2cccc(N(C)C)c2)c(C)s1. The van der Waals surface area contributed by atoms with Crippen LogP contribution in [0.3, 0.4) is 0 Å². The van der Waals surface area contributed by atoms with Gasteiger partial charge < -0.3 is 4.90 Å². The highest BCUT2D eigenvalue weighted by Gasteiger charge is 2.13. The second-order valence-corrected chi connectivity index (χ2v) is 6.64. The summed E-state index contributed by atoms with van der Waals surface area (Å²) in [6.45, 7) is 3.83. The zero-order chi connectivity index (χ0) is 16.3. The number of carbonyl (C=O) groups is 2. The van der Waals surface area contributed by atoms with Gasteiger partial charge in [-0.25, -0.2) is 0 Å². The largest absolute Gasteiger partial charge is 0.378 e. The van der Waals surface area contributed by atoms with Crippen molar-refractivity contribution in [1.82, 2.24) is 10.9 Å². The summed E-state index contributed by atoms with van der Waals surface area (Å²) in [5.41, 5.74) is 6.90. The first-order valence-corrected chi connectivity index (χ1v) is 7.65.